The first-order chi connectivity index (χ1) is 8.06. The number of benzene rings is 1. The van der Waals surface area contributed by atoms with Crippen LogP contribution < -0.4 is 11.1 Å². The quantitative estimate of drug-likeness (QED) is 0.761. The maximum atomic E-state index is 13.0. The summed E-state index contributed by atoms with van der Waals surface area (Å²) in [6.07, 6.45) is 0. The highest BCUT2D eigenvalue weighted by molar-refractivity contribution is 5.77. The first kappa shape index (κ1) is 11.9. The predicted octanol–water partition coefficient (Wildman–Crippen LogP) is 2.10. The van der Waals surface area contributed by atoms with E-state index >= 15 is 0 Å². The number of nitrogens with one attached hydrogen (secondary N) is 2. The number of anilines is 1. The number of aromatic amines is 1. The molecule has 1 unspecified atom stereocenters. The van der Waals surface area contributed by atoms with Gasteiger partial charge in [-0.3, -0.25) is 0 Å². The van der Waals surface area contributed by atoms with Crippen molar-refractivity contribution in [3.63, 3.8) is 0 Å². The minimum absolute atomic E-state index is 0.0694. The van der Waals surface area contributed by atoms with Crippen molar-refractivity contribution in [3.8, 4) is 0 Å². The molecule has 1 atom stereocenters. The first-order valence-electron chi connectivity index (χ1n) is 5.71. The van der Waals surface area contributed by atoms with Crippen LogP contribution in [0.3, 0.4) is 0 Å². The van der Waals surface area contributed by atoms with Crippen molar-refractivity contribution in [2.45, 2.75) is 19.9 Å². The Labute approximate surface area is 99.4 Å². The fourth-order valence-electron chi connectivity index (χ4n) is 1.52. The number of rotatable bonds is 4. The lowest BCUT2D eigenvalue weighted by Crippen LogP contribution is -2.34. The lowest BCUT2D eigenvalue weighted by molar-refractivity contribution is 0.510. The average molecular weight is 236 g/mol. The largest absolute Gasteiger partial charge is 0.354 e. The van der Waals surface area contributed by atoms with Gasteiger partial charge in [0, 0.05) is 12.6 Å². The van der Waals surface area contributed by atoms with Gasteiger partial charge in [0.15, 0.2) is 0 Å². The molecule has 1 heterocycles. The Morgan fingerprint density at radius 1 is 1.47 bits per heavy atom. The SMILES string of the molecule is CC(C)C(N)CNc1nc2ccc(F)cc2[nH]1. The summed E-state index contributed by atoms with van der Waals surface area (Å²) >= 11 is 0. The Balaban J connectivity index is 2.09. The molecule has 1 aromatic carbocycles. The van der Waals surface area contributed by atoms with Crippen molar-refractivity contribution in [2.24, 2.45) is 11.7 Å². The summed E-state index contributed by atoms with van der Waals surface area (Å²) in [5.41, 5.74) is 7.35. The third-order valence-electron chi connectivity index (χ3n) is 2.81. The van der Waals surface area contributed by atoms with E-state index in [-0.39, 0.29) is 11.9 Å². The number of hydrogen-bond donors (Lipinski definition) is 3. The van der Waals surface area contributed by atoms with E-state index in [4.69, 9.17) is 5.73 Å². The number of H-pyrrole nitrogens is 1. The molecule has 0 amide bonds. The minimum atomic E-state index is -0.272. The Hall–Kier alpha value is -1.62. The standard InChI is InChI=1S/C12H17FN4/c1-7(2)9(14)6-15-12-16-10-4-3-8(13)5-11(10)17-12/h3-5,7,9H,6,14H2,1-2H3,(H2,15,16,17). The van der Waals surface area contributed by atoms with Gasteiger partial charge in [-0.2, -0.15) is 0 Å². The number of nitrogens with two attached hydrogens (primary N) is 1. The van der Waals surface area contributed by atoms with Crippen LogP contribution in [0.1, 0.15) is 13.8 Å². The van der Waals surface area contributed by atoms with E-state index < -0.39 is 0 Å². The van der Waals surface area contributed by atoms with Gasteiger partial charge in [-0.05, 0) is 24.1 Å². The second kappa shape index (κ2) is 4.71. The van der Waals surface area contributed by atoms with Crippen LogP contribution in [0.25, 0.3) is 11.0 Å². The van der Waals surface area contributed by atoms with Gasteiger partial charge in [-0.25, -0.2) is 9.37 Å². The molecule has 4 nitrogen and oxygen atoms in total. The van der Waals surface area contributed by atoms with Crippen molar-refractivity contribution >= 4 is 17.0 Å². The minimum Gasteiger partial charge on any atom is -0.354 e. The summed E-state index contributed by atoms with van der Waals surface area (Å²) in [5.74, 6) is 0.762. The molecule has 0 saturated heterocycles. The molecule has 0 aliphatic rings. The van der Waals surface area contributed by atoms with Crippen molar-refractivity contribution < 1.29 is 4.39 Å². The second-order valence-corrected chi connectivity index (χ2v) is 4.54. The van der Waals surface area contributed by atoms with Crippen molar-refractivity contribution in [3.05, 3.63) is 24.0 Å². The Morgan fingerprint density at radius 2 is 2.24 bits per heavy atom. The summed E-state index contributed by atoms with van der Waals surface area (Å²) in [6, 6.07) is 4.54. The molecule has 0 aliphatic heterocycles. The Morgan fingerprint density at radius 3 is 2.94 bits per heavy atom. The van der Waals surface area contributed by atoms with Gasteiger partial charge in [-0.1, -0.05) is 13.8 Å². The molecule has 0 radical (unpaired) electrons. The normalized spacial score (nSPS) is 13.2. The molecule has 0 fully saturated rings. The van der Waals surface area contributed by atoms with Gasteiger partial charge < -0.3 is 16.0 Å². The zero-order valence-corrected chi connectivity index (χ0v) is 10.00. The highest BCUT2D eigenvalue weighted by atomic mass is 19.1. The van der Waals surface area contributed by atoms with E-state index in [1.807, 2.05) is 0 Å². The number of aromatic nitrogens is 2. The summed E-state index contributed by atoms with van der Waals surface area (Å²) in [5, 5.41) is 3.12. The monoisotopic (exact) mass is 236 g/mol. The van der Waals surface area contributed by atoms with Crippen LogP contribution in [0.4, 0.5) is 10.3 Å². The zero-order chi connectivity index (χ0) is 12.4. The predicted molar refractivity (Wildman–Crippen MR) is 67.4 cm³/mol. The third-order valence-corrected chi connectivity index (χ3v) is 2.81. The van der Waals surface area contributed by atoms with E-state index in [9.17, 15) is 4.39 Å². The number of imidazole rings is 1. The number of fused-ring (bicyclic) bond motifs is 1. The topological polar surface area (TPSA) is 66.7 Å². The fourth-order valence-corrected chi connectivity index (χ4v) is 1.52. The molecule has 2 rings (SSSR count). The van der Waals surface area contributed by atoms with Gasteiger partial charge in [0.1, 0.15) is 5.82 Å². The highest BCUT2D eigenvalue weighted by Gasteiger charge is 2.08. The van der Waals surface area contributed by atoms with Gasteiger partial charge in [0.05, 0.1) is 11.0 Å². The molecule has 0 spiro atoms. The molecule has 4 N–H and O–H groups in total. The first-order valence-corrected chi connectivity index (χ1v) is 5.71. The van der Waals surface area contributed by atoms with Gasteiger partial charge >= 0.3 is 0 Å². The van der Waals surface area contributed by atoms with Crippen LogP contribution in [-0.2, 0) is 0 Å². The van der Waals surface area contributed by atoms with Gasteiger partial charge in [0.25, 0.3) is 0 Å². The molecular formula is C12H17FN4. The van der Waals surface area contributed by atoms with E-state index in [0.29, 0.717) is 23.9 Å². The maximum absolute atomic E-state index is 13.0. The molecule has 0 aliphatic carbocycles. The van der Waals surface area contributed by atoms with Crippen molar-refractivity contribution in [1.29, 1.82) is 0 Å². The van der Waals surface area contributed by atoms with Crippen molar-refractivity contribution in [2.75, 3.05) is 11.9 Å². The molecule has 0 saturated carbocycles. The molecule has 1 aromatic heterocycles. The molecule has 2 aromatic rings. The number of hydrogen-bond acceptors (Lipinski definition) is 3. The average Bonchev–Trinajstić information content (AvgIpc) is 2.67. The summed E-state index contributed by atoms with van der Waals surface area (Å²) in [6.45, 7) is 4.78. The van der Waals surface area contributed by atoms with Crippen LogP contribution >= 0.6 is 0 Å². The number of halogens is 1. The maximum Gasteiger partial charge on any atom is 0.201 e. The van der Waals surface area contributed by atoms with Crippen LogP contribution in [0.15, 0.2) is 18.2 Å². The Bertz CT molecular complexity index is 506. The smallest absolute Gasteiger partial charge is 0.201 e. The zero-order valence-electron chi connectivity index (χ0n) is 10.00. The summed E-state index contributed by atoms with van der Waals surface area (Å²) < 4.78 is 13.0. The Kier molecular flexibility index (Phi) is 3.28. The lowest BCUT2D eigenvalue weighted by atomic mass is 10.1. The summed E-state index contributed by atoms with van der Waals surface area (Å²) in [7, 11) is 0. The van der Waals surface area contributed by atoms with Crippen LogP contribution in [0, 0.1) is 11.7 Å². The molecule has 92 valence electrons. The molecular weight excluding hydrogens is 219 g/mol. The third kappa shape index (κ3) is 2.74. The van der Waals surface area contributed by atoms with Crippen molar-refractivity contribution in [1.82, 2.24) is 9.97 Å². The van der Waals surface area contributed by atoms with E-state index in [1.165, 1.54) is 12.1 Å². The molecule has 17 heavy (non-hydrogen) atoms. The summed E-state index contributed by atoms with van der Waals surface area (Å²) in [4.78, 5) is 7.31. The van der Waals surface area contributed by atoms with Crippen LogP contribution in [-0.4, -0.2) is 22.6 Å². The second-order valence-electron chi connectivity index (χ2n) is 4.54. The van der Waals surface area contributed by atoms with E-state index in [2.05, 4.69) is 29.1 Å². The van der Waals surface area contributed by atoms with Gasteiger partial charge in [0.2, 0.25) is 5.95 Å². The van der Waals surface area contributed by atoms with Gasteiger partial charge in [-0.15, -0.1) is 0 Å². The van der Waals surface area contributed by atoms with Crippen LogP contribution in [0.2, 0.25) is 0 Å². The van der Waals surface area contributed by atoms with E-state index in [0.717, 1.165) is 5.52 Å². The fraction of sp³-hybridized carbons (Fsp3) is 0.417. The molecule has 5 heteroatoms. The van der Waals surface area contributed by atoms with Crippen LogP contribution in [0.5, 0.6) is 0 Å². The number of nitrogens with zero attached hydrogens (tertiary/aromatic N) is 1. The highest BCUT2D eigenvalue weighted by Crippen LogP contribution is 2.15. The van der Waals surface area contributed by atoms with E-state index in [1.54, 1.807) is 6.07 Å². The molecule has 0 bridgehead atoms. The lowest BCUT2D eigenvalue weighted by Gasteiger charge is -2.15.